The van der Waals surface area contributed by atoms with Gasteiger partial charge in [0.15, 0.2) is 11.6 Å². The SMILES string of the molecule is Cc1ccoc1C(=O)NC[C@@H]1Cc2cccc(-c3ncccn3)c2O1. The molecule has 0 spiro atoms. The molecule has 0 bridgehead atoms. The predicted molar refractivity (Wildman–Crippen MR) is 91.4 cm³/mol. The summed E-state index contributed by atoms with van der Waals surface area (Å²) in [7, 11) is 0. The van der Waals surface area contributed by atoms with Crippen LogP contribution in [0.1, 0.15) is 21.7 Å². The minimum atomic E-state index is -0.228. The monoisotopic (exact) mass is 335 g/mol. The molecule has 25 heavy (non-hydrogen) atoms. The Bertz CT molecular complexity index is 905. The summed E-state index contributed by atoms with van der Waals surface area (Å²) >= 11 is 0. The summed E-state index contributed by atoms with van der Waals surface area (Å²) in [6.07, 6.45) is 5.53. The number of aromatic nitrogens is 2. The first-order valence-corrected chi connectivity index (χ1v) is 8.10. The molecule has 1 aromatic carbocycles. The zero-order valence-corrected chi connectivity index (χ0v) is 13.7. The number of ether oxygens (including phenoxy) is 1. The molecule has 0 radical (unpaired) electrons. The Labute approximate surface area is 144 Å². The van der Waals surface area contributed by atoms with Crippen molar-refractivity contribution in [2.24, 2.45) is 0 Å². The number of benzene rings is 1. The van der Waals surface area contributed by atoms with Crippen molar-refractivity contribution in [1.29, 1.82) is 0 Å². The van der Waals surface area contributed by atoms with Gasteiger partial charge in [0.05, 0.1) is 18.4 Å². The van der Waals surface area contributed by atoms with Crippen LogP contribution < -0.4 is 10.1 Å². The maximum Gasteiger partial charge on any atom is 0.287 e. The van der Waals surface area contributed by atoms with Gasteiger partial charge < -0.3 is 14.5 Å². The Hall–Kier alpha value is -3.15. The first-order chi connectivity index (χ1) is 12.2. The number of carbonyl (C=O) groups is 1. The van der Waals surface area contributed by atoms with E-state index in [9.17, 15) is 4.79 Å². The highest BCUT2D eigenvalue weighted by molar-refractivity contribution is 5.92. The van der Waals surface area contributed by atoms with Gasteiger partial charge in [-0.25, -0.2) is 9.97 Å². The normalized spacial score (nSPS) is 15.5. The van der Waals surface area contributed by atoms with E-state index in [2.05, 4.69) is 15.3 Å². The molecule has 1 atom stereocenters. The second-order valence-electron chi connectivity index (χ2n) is 5.95. The Morgan fingerprint density at radius 3 is 2.84 bits per heavy atom. The average Bonchev–Trinajstić information content (AvgIpc) is 3.25. The summed E-state index contributed by atoms with van der Waals surface area (Å²) < 4.78 is 11.3. The number of hydrogen-bond donors (Lipinski definition) is 1. The summed E-state index contributed by atoms with van der Waals surface area (Å²) in [6.45, 7) is 2.25. The molecule has 126 valence electrons. The van der Waals surface area contributed by atoms with E-state index in [1.807, 2.05) is 25.1 Å². The molecule has 6 nitrogen and oxygen atoms in total. The fraction of sp³-hybridized carbons (Fsp3) is 0.211. The van der Waals surface area contributed by atoms with Crippen LogP contribution >= 0.6 is 0 Å². The van der Waals surface area contributed by atoms with Crippen molar-refractivity contribution in [3.8, 4) is 17.1 Å². The molecule has 1 aliphatic rings. The van der Waals surface area contributed by atoms with Crippen LogP contribution in [0.2, 0.25) is 0 Å². The van der Waals surface area contributed by atoms with Gasteiger partial charge in [-0.15, -0.1) is 0 Å². The van der Waals surface area contributed by atoms with Gasteiger partial charge >= 0.3 is 0 Å². The van der Waals surface area contributed by atoms with E-state index in [0.717, 1.165) is 28.9 Å². The average molecular weight is 335 g/mol. The van der Waals surface area contributed by atoms with Crippen LogP contribution in [-0.4, -0.2) is 28.5 Å². The lowest BCUT2D eigenvalue weighted by Gasteiger charge is -2.12. The molecule has 1 N–H and O–H groups in total. The van der Waals surface area contributed by atoms with E-state index in [-0.39, 0.29) is 12.0 Å². The number of para-hydroxylation sites is 1. The van der Waals surface area contributed by atoms with Gasteiger partial charge in [-0.2, -0.15) is 0 Å². The quantitative estimate of drug-likeness (QED) is 0.793. The summed E-state index contributed by atoms with van der Waals surface area (Å²) in [5, 5.41) is 2.87. The maximum atomic E-state index is 12.2. The molecule has 6 heteroatoms. The van der Waals surface area contributed by atoms with Gasteiger partial charge in [0.25, 0.3) is 5.91 Å². The molecule has 0 fully saturated rings. The molecule has 1 aliphatic heterocycles. The molecular weight excluding hydrogens is 318 g/mol. The van der Waals surface area contributed by atoms with Crippen molar-refractivity contribution in [1.82, 2.24) is 15.3 Å². The van der Waals surface area contributed by atoms with Crippen LogP contribution in [0.5, 0.6) is 5.75 Å². The minimum absolute atomic E-state index is 0.126. The van der Waals surface area contributed by atoms with Crippen molar-refractivity contribution in [2.45, 2.75) is 19.4 Å². The van der Waals surface area contributed by atoms with E-state index >= 15 is 0 Å². The zero-order valence-electron chi connectivity index (χ0n) is 13.7. The van der Waals surface area contributed by atoms with Crippen molar-refractivity contribution in [2.75, 3.05) is 6.54 Å². The Balaban J connectivity index is 1.47. The van der Waals surface area contributed by atoms with Crippen LogP contribution in [0.4, 0.5) is 0 Å². The van der Waals surface area contributed by atoms with Crippen LogP contribution in [0.15, 0.2) is 53.4 Å². The number of hydrogen-bond acceptors (Lipinski definition) is 5. The number of aryl methyl sites for hydroxylation is 1. The first-order valence-electron chi connectivity index (χ1n) is 8.10. The van der Waals surface area contributed by atoms with Gasteiger partial charge in [0.1, 0.15) is 11.9 Å². The van der Waals surface area contributed by atoms with Crippen LogP contribution in [0.3, 0.4) is 0 Å². The molecule has 3 heterocycles. The lowest BCUT2D eigenvalue weighted by molar-refractivity contribution is 0.0905. The van der Waals surface area contributed by atoms with Gasteiger partial charge in [0.2, 0.25) is 0 Å². The molecular formula is C19H17N3O3. The van der Waals surface area contributed by atoms with Crippen molar-refractivity contribution >= 4 is 5.91 Å². The summed E-state index contributed by atoms with van der Waals surface area (Å²) in [5.74, 6) is 1.54. The number of fused-ring (bicyclic) bond motifs is 1. The van der Waals surface area contributed by atoms with E-state index in [0.29, 0.717) is 18.1 Å². The molecule has 4 rings (SSSR count). The topological polar surface area (TPSA) is 77.3 Å². The second kappa shape index (κ2) is 6.39. The molecule has 0 saturated heterocycles. The molecule has 0 saturated carbocycles. The fourth-order valence-electron chi connectivity index (χ4n) is 2.96. The van der Waals surface area contributed by atoms with Crippen LogP contribution in [-0.2, 0) is 6.42 Å². The highest BCUT2D eigenvalue weighted by atomic mass is 16.5. The lowest BCUT2D eigenvalue weighted by Crippen LogP contribution is -2.34. The lowest BCUT2D eigenvalue weighted by atomic mass is 10.1. The fourth-order valence-corrected chi connectivity index (χ4v) is 2.96. The summed E-state index contributed by atoms with van der Waals surface area (Å²) in [5.41, 5.74) is 2.78. The standard InChI is InChI=1S/C19H17N3O3/c1-12-6-9-24-16(12)19(23)22-11-14-10-13-4-2-5-15(17(13)25-14)18-20-7-3-8-21-18/h2-9,14H,10-11H2,1H3,(H,22,23)/t14-/m0/s1. The van der Waals surface area contributed by atoms with E-state index in [4.69, 9.17) is 9.15 Å². The highest BCUT2D eigenvalue weighted by Gasteiger charge is 2.27. The number of nitrogens with zero attached hydrogens (tertiary/aromatic N) is 2. The van der Waals surface area contributed by atoms with Crippen LogP contribution in [0.25, 0.3) is 11.4 Å². The van der Waals surface area contributed by atoms with Gasteiger partial charge in [-0.05, 0) is 30.7 Å². The van der Waals surface area contributed by atoms with Gasteiger partial charge in [-0.1, -0.05) is 12.1 Å². The maximum absolute atomic E-state index is 12.2. The third-order valence-electron chi connectivity index (χ3n) is 4.19. The number of nitrogens with one attached hydrogen (secondary N) is 1. The Morgan fingerprint density at radius 2 is 2.08 bits per heavy atom. The largest absolute Gasteiger partial charge is 0.487 e. The van der Waals surface area contributed by atoms with Crippen molar-refractivity contribution in [3.63, 3.8) is 0 Å². The summed E-state index contributed by atoms with van der Waals surface area (Å²) in [6, 6.07) is 9.49. The van der Waals surface area contributed by atoms with E-state index in [1.165, 1.54) is 6.26 Å². The molecule has 0 unspecified atom stereocenters. The first kappa shape index (κ1) is 15.4. The molecule has 1 amide bonds. The van der Waals surface area contributed by atoms with E-state index in [1.54, 1.807) is 24.5 Å². The van der Waals surface area contributed by atoms with E-state index < -0.39 is 0 Å². The zero-order chi connectivity index (χ0) is 17.2. The predicted octanol–water partition coefficient (Wildman–Crippen LogP) is 2.78. The minimum Gasteiger partial charge on any atom is -0.487 e. The van der Waals surface area contributed by atoms with Crippen molar-refractivity contribution < 1.29 is 13.9 Å². The molecule has 2 aromatic heterocycles. The highest BCUT2D eigenvalue weighted by Crippen LogP contribution is 2.37. The van der Waals surface area contributed by atoms with Gasteiger partial charge in [0, 0.05) is 24.4 Å². The number of amides is 1. The second-order valence-corrected chi connectivity index (χ2v) is 5.95. The van der Waals surface area contributed by atoms with Gasteiger partial charge in [-0.3, -0.25) is 4.79 Å². The van der Waals surface area contributed by atoms with Crippen molar-refractivity contribution in [3.05, 3.63) is 65.9 Å². The van der Waals surface area contributed by atoms with Crippen LogP contribution in [0, 0.1) is 6.92 Å². The third kappa shape index (κ3) is 2.98. The molecule has 0 aliphatic carbocycles. The number of furan rings is 1. The Kier molecular flexibility index (Phi) is 3.93. The molecule has 3 aromatic rings. The smallest absolute Gasteiger partial charge is 0.287 e. The number of carbonyl (C=O) groups excluding carboxylic acids is 1. The summed E-state index contributed by atoms with van der Waals surface area (Å²) in [4.78, 5) is 20.8. The third-order valence-corrected chi connectivity index (χ3v) is 4.19. The Morgan fingerprint density at radius 1 is 1.24 bits per heavy atom. The number of rotatable bonds is 4.